The fourth-order valence-corrected chi connectivity index (χ4v) is 3.50. The van der Waals surface area contributed by atoms with Crippen LogP contribution in [0.4, 0.5) is 0 Å². The van der Waals surface area contributed by atoms with Gasteiger partial charge in [0.05, 0.1) is 17.6 Å². The summed E-state index contributed by atoms with van der Waals surface area (Å²) in [6, 6.07) is 12.2. The second kappa shape index (κ2) is 6.71. The van der Waals surface area contributed by atoms with Crippen LogP contribution in [0.2, 0.25) is 0 Å². The second-order valence-electron chi connectivity index (χ2n) is 6.62. The molecule has 0 N–H and O–H groups in total. The van der Waals surface area contributed by atoms with Crippen molar-refractivity contribution < 1.29 is 9.53 Å². The molecule has 2 heterocycles. The van der Waals surface area contributed by atoms with Gasteiger partial charge in [0, 0.05) is 24.9 Å². The Balaban J connectivity index is 1.72. The van der Waals surface area contributed by atoms with Gasteiger partial charge in [0.25, 0.3) is 0 Å². The maximum atomic E-state index is 11.1. The average molecular weight is 334 g/mol. The SMILES string of the molecule is CCCCn1c(Cc2ccc3c(c2)CCO3)nc2cc(C=O)ccc21. The molecular formula is C21H22N2O2. The number of ether oxygens (including phenoxy) is 1. The monoisotopic (exact) mass is 334 g/mol. The van der Waals surface area contributed by atoms with Gasteiger partial charge in [-0.15, -0.1) is 0 Å². The molecule has 2 aromatic carbocycles. The van der Waals surface area contributed by atoms with Crippen molar-refractivity contribution in [1.82, 2.24) is 9.55 Å². The molecule has 1 aliphatic heterocycles. The van der Waals surface area contributed by atoms with E-state index in [0.29, 0.717) is 5.56 Å². The van der Waals surface area contributed by atoms with Crippen molar-refractivity contribution in [3.05, 3.63) is 58.9 Å². The van der Waals surface area contributed by atoms with E-state index in [1.54, 1.807) is 0 Å². The molecule has 0 spiro atoms. The van der Waals surface area contributed by atoms with Gasteiger partial charge in [-0.2, -0.15) is 0 Å². The Morgan fingerprint density at radius 2 is 2.16 bits per heavy atom. The number of aromatic nitrogens is 2. The minimum Gasteiger partial charge on any atom is -0.493 e. The molecule has 1 aromatic heterocycles. The Labute approximate surface area is 147 Å². The number of fused-ring (bicyclic) bond motifs is 2. The van der Waals surface area contributed by atoms with Crippen molar-refractivity contribution >= 4 is 17.3 Å². The van der Waals surface area contributed by atoms with E-state index in [9.17, 15) is 4.79 Å². The summed E-state index contributed by atoms with van der Waals surface area (Å²) in [7, 11) is 0. The van der Waals surface area contributed by atoms with Crippen molar-refractivity contribution in [2.75, 3.05) is 6.61 Å². The van der Waals surface area contributed by atoms with Gasteiger partial charge in [0.15, 0.2) is 0 Å². The van der Waals surface area contributed by atoms with E-state index in [1.165, 1.54) is 11.1 Å². The molecule has 0 bridgehead atoms. The standard InChI is InChI=1S/C21H22N2O2/c1-2-3-9-23-19-6-4-16(14-24)12-18(19)22-21(23)13-15-5-7-20-17(11-15)8-10-25-20/h4-7,11-12,14H,2-3,8-10,13H2,1H3. The Hall–Kier alpha value is -2.62. The van der Waals surface area contributed by atoms with Crippen molar-refractivity contribution in [3.63, 3.8) is 0 Å². The smallest absolute Gasteiger partial charge is 0.150 e. The molecule has 0 aliphatic carbocycles. The van der Waals surface area contributed by atoms with Gasteiger partial charge >= 0.3 is 0 Å². The van der Waals surface area contributed by atoms with E-state index in [1.807, 2.05) is 18.2 Å². The molecule has 0 atom stereocenters. The zero-order chi connectivity index (χ0) is 17.2. The Morgan fingerprint density at radius 1 is 1.24 bits per heavy atom. The first-order valence-electron chi connectivity index (χ1n) is 8.97. The van der Waals surface area contributed by atoms with Crippen LogP contribution in [0, 0.1) is 0 Å². The maximum absolute atomic E-state index is 11.1. The van der Waals surface area contributed by atoms with Gasteiger partial charge in [0.2, 0.25) is 0 Å². The molecular weight excluding hydrogens is 312 g/mol. The highest BCUT2D eigenvalue weighted by Gasteiger charge is 2.15. The van der Waals surface area contributed by atoms with E-state index in [0.717, 1.165) is 67.7 Å². The summed E-state index contributed by atoms with van der Waals surface area (Å²) < 4.78 is 7.90. The van der Waals surface area contributed by atoms with Crippen LogP contribution in [0.3, 0.4) is 0 Å². The molecule has 128 valence electrons. The topological polar surface area (TPSA) is 44.1 Å². The third-order valence-electron chi connectivity index (χ3n) is 4.84. The number of aryl methyl sites for hydroxylation is 1. The molecule has 0 fully saturated rings. The second-order valence-corrected chi connectivity index (χ2v) is 6.62. The van der Waals surface area contributed by atoms with Crippen molar-refractivity contribution in [2.45, 2.75) is 39.2 Å². The number of imidazole rings is 1. The first-order chi connectivity index (χ1) is 12.3. The minimum atomic E-state index is 0.675. The molecule has 0 saturated heterocycles. The van der Waals surface area contributed by atoms with Crippen LogP contribution in [-0.4, -0.2) is 22.4 Å². The number of hydrogen-bond donors (Lipinski definition) is 0. The van der Waals surface area contributed by atoms with Crippen molar-refractivity contribution in [3.8, 4) is 5.75 Å². The number of rotatable bonds is 6. The molecule has 1 aliphatic rings. The molecule has 0 saturated carbocycles. The molecule has 3 aromatic rings. The molecule has 0 unspecified atom stereocenters. The van der Waals surface area contributed by atoms with Crippen LogP contribution in [0.1, 0.15) is 47.1 Å². The molecule has 4 nitrogen and oxygen atoms in total. The zero-order valence-electron chi connectivity index (χ0n) is 14.5. The first-order valence-corrected chi connectivity index (χ1v) is 8.97. The lowest BCUT2D eigenvalue weighted by molar-refractivity contribution is 0.112. The normalized spacial score (nSPS) is 13.0. The quantitative estimate of drug-likeness (QED) is 0.635. The lowest BCUT2D eigenvalue weighted by Crippen LogP contribution is -2.05. The lowest BCUT2D eigenvalue weighted by Gasteiger charge is -2.09. The summed E-state index contributed by atoms with van der Waals surface area (Å²) in [6.45, 7) is 3.93. The number of carbonyl (C=O) groups excluding carboxylic acids is 1. The number of aldehydes is 1. The van der Waals surface area contributed by atoms with E-state index in [4.69, 9.17) is 9.72 Å². The number of carbonyl (C=O) groups is 1. The van der Waals surface area contributed by atoms with Gasteiger partial charge in [-0.05, 0) is 41.8 Å². The maximum Gasteiger partial charge on any atom is 0.150 e. The van der Waals surface area contributed by atoms with Gasteiger partial charge in [-0.1, -0.05) is 25.5 Å². The fraction of sp³-hybridized carbons (Fsp3) is 0.333. The molecule has 0 amide bonds. The Kier molecular flexibility index (Phi) is 4.26. The van der Waals surface area contributed by atoms with E-state index < -0.39 is 0 Å². The highest BCUT2D eigenvalue weighted by Crippen LogP contribution is 2.27. The van der Waals surface area contributed by atoms with E-state index in [2.05, 4.69) is 29.7 Å². The highest BCUT2D eigenvalue weighted by atomic mass is 16.5. The summed E-state index contributed by atoms with van der Waals surface area (Å²) in [4.78, 5) is 15.9. The van der Waals surface area contributed by atoms with E-state index in [-0.39, 0.29) is 0 Å². The predicted molar refractivity (Wildman–Crippen MR) is 98.5 cm³/mol. The largest absolute Gasteiger partial charge is 0.493 e. The number of hydrogen-bond acceptors (Lipinski definition) is 3. The van der Waals surface area contributed by atoms with Gasteiger partial charge in [-0.3, -0.25) is 4.79 Å². The highest BCUT2D eigenvalue weighted by molar-refractivity contribution is 5.85. The van der Waals surface area contributed by atoms with Gasteiger partial charge in [0.1, 0.15) is 17.9 Å². The summed E-state index contributed by atoms with van der Waals surface area (Å²) in [5.41, 5.74) is 5.23. The summed E-state index contributed by atoms with van der Waals surface area (Å²) >= 11 is 0. The van der Waals surface area contributed by atoms with Gasteiger partial charge in [-0.25, -0.2) is 4.98 Å². The molecule has 4 rings (SSSR count). The number of unbranched alkanes of at least 4 members (excludes halogenated alkanes) is 1. The van der Waals surface area contributed by atoms with Crippen LogP contribution >= 0.6 is 0 Å². The average Bonchev–Trinajstić information content (AvgIpc) is 3.23. The summed E-state index contributed by atoms with van der Waals surface area (Å²) in [5, 5.41) is 0. The fourth-order valence-electron chi connectivity index (χ4n) is 3.50. The lowest BCUT2D eigenvalue weighted by atomic mass is 10.1. The van der Waals surface area contributed by atoms with Crippen LogP contribution in [0.15, 0.2) is 36.4 Å². The third-order valence-corrected chi connectivity index (χ3v) is 4.84. The van der Waals surface area contributed by atoms with Crippen LogP contribution in [0.25, 0.3) is 11.0 Å². The minimum absolute atomic E-state index is 0.675. The molecule has 25 heavy (non-hydrogen) atoms. The van der Waals surface area contributed by atoms with Crippen molar-refractivity contribution in [2.24, 2.45) is 0 Å². The van der Waals surface area contributed by atoms with Crippen molar-refractivity contribution in [1.29, 1.82) is 0 Å². The molecule has 4 heteroatoms. The number of nitrogens with zero attached hydrogens (tertiary/aromatic N) is 2. The third kappa shape index (κ3) is 3.04. The molecule has 0 radical (unpaired) electrons. The Bertz CT molecular complexity index is 927. The van der Waals surface area contributed by atoms with Gasteiger partial charge < -0.3 is 9.30 Å². The first kappa shape index (κ1) is 15.9. The van der Waals surface area contributed by atoms with Crippen LogP contribution in [0.5, 0.6) is 5.75 Å². The Morgan fingerprint density at radius 3 is 3.00 bits per heavy atom. The summed E-state index contributed by atoms with van der Waals surface area (Å²) in [5.74, 6) is 2.07. The van der Waals surface area contributed by atoms with Crippen LogP contribution < -0.4 is 4.74 Å². The predicted octanol–water partition coefficient (Wildman–Crippen LogP) is 4.17. The van der Waals surface area contributed by atoms with E-state index >= 15 is 0 Å². The summed E-state index contributed by atoms with van der Waals surface area (Å²) in [6.07, 6.45) is 4.92. The number of benzene rings is 2. The zero-order valence-corrected chi connectivity index (χ0v) is 14.5. The van der Waals surface area contributed by atoms with Crippen LogP contribution in [-0.2, 0) is 19.4 Å².